The number of rotatable bonds is 3. The first-order valence-corrected chi connectivity index (χ1v) is 7.29. The quantitative estimate of drug-likeness (QED) is 0.819. The summed E-state index contributed by atoms with van der Waals surface area (Å²) in [5.74, 6) is 1.59. The molecule has 0 spiro atoms. The van der Waals surface area contributed by atoms with Crippen molar-refractivity contribution in [1.82, 2.24) is 0 Å². The van der Waals surface area contributed by atoms with Gasteiger partial charge >= 0.3 is 0 Å². The van der Waals surface area contributed by atoms with Crippen molar-refractivity contribution in [2.75, 3.05) is 0 Å². The van der Waals surface area contributed by atoms with Crippen LogP contribution in [0.25, 0.3) is 0 Å². The van der Waals surface area contributed by atoms with Crippen LogP contribution in [0.4, 0.5) is 0 Å². The van der Waals surface area contributed by atoms with Gasteiger partial charge in [-0.25, -0.2) is 0 Å². The highest BCUT2D eigenvalue weighted by molar-refractivity contribution is 5.01. The van der Waals surface area contributed by atoms with Crippen molar-refractivity contribution in [3.8, 4) is 0 Å². The number of aliphatic hydroxyl groups is 1. The summed E-state index contributed by atoms with van der Waals surface area (Å²) in [6.07, 6.45) is 6.16. The van der Waals surface area contributed by atoms with Gasteiger partial charge in [-0.3, -0.25) is 0 Å². The highest BCUT2D eigenvalue weighted by Gasteiger charge is 2.51. The number of ether oxygens (including phenoxy) is 1. The van der Waals surface area contributed by atoms with Crippen molar-refractivity contribution in [2.24, 2.45) is 17.3 Å². The van der Waals surface area contributed by atoms with Crippen LogP contribution in [0.15, 0.2) is 0 Å². The van der Waals surface area contributed by atoms with E-state index >= 15 is 0 Å². The first-order valence-electron chi connectivity index (χ1n) is 7.29. The molecule has 5 atom stereocenters. The lowest BCUT2D eigenvalue weighted by atomic mass is 9.63. The Morgan fingerprint density at radius 1 is 1.12 bits per heavy atom. The van der Waals surface area contributed by atoms with E-state index in [2.05, 4.69) is 27.7 Å². The molecule has 1 N–H and O–H groups in total. The molecule has 0 amide bonds. The zero-order valence-electron chi connectivity index (χ0n) is 11.8. The van der Waals surface area contributed by atoms with E-state index in [0.717, 1.165) is 24.7 Å². The third-order valence-electron chi connectivity index (χ3n) is 5.19. The highest BCUT2D eigenvalue weighted by atomic mass is 16.5. The molecule has 100 valence electrons. The predicted octanol–water partition coefficient (Wildman–Crippen LogP) is 3.38. The van der Waals surface area contributed by atoms with E-state index in [9.17, 15) is 5.11 Å². The molecule has 2 aliphatic rings. The summed E-state index contributed by atoms with van der Waals surface area (Å²) in [6.45, 7) is 8.99. The Hall–Kier alpha value is -0.0800. The van der Waals surface area contributed by atoms with Crippen molar-refractivity contribution in [3.63, 3.8) is 0 Å². The van der Waals surface area contributed by atoms with E-state index in [4.69, 9.17) is 4.74 Å². The van der Waals surface area contributed by atoms with Gasteiger partial charge in [0.05, 0.1) is 18.3 Å². The average molecular weight is 240 g/mol. The molecule has 2 aliphatic carbocycles. The van der Waals surface area contributed by atoms with Gasteiger partial charge in [-0.2, -0.15) is 0 Å². The van der Waals surface area contributed by atoms with Crippen LogP contribution in [0.3, 0.4) is 0 Å². The van der Waals surface area contributed by atoms with Crippen LogP contribution in [-0.2, 0) is 4.74 Å². The van der Waals surface area contributed by atoms with Crippen LogP contribution in [0.5, 0.6) is 0 Å². The standard InChI is InChI=1S/C15H28O2/c1-5-15(4)13(16)9-14(15)17-12-7-10(2)6-11(3)8-12/h10-14,16H,5-9H2,1-4H3. The summed E-state index contributed by atoms with van der Waals surface area (Å²) in [6, 6.07) is 0. The Morgan fingerprint density at radius 2 is 1.71 bits per heavy atom. The minimum Gasteiger partial charge on any atom is -0.392 e. The average Bonchev–Trinajstić information content (AvgIpc) is 2.26. The van der Waals surface area contributed by atoms with Gasteiger partial charge in [-0.1, -0.05) is 27.7 Å². The third-order valence-corrected chi connectivity index (χ3v) is 5.19. The van der Waals surface area contributed by atoms with E-state index in [1.807, 2.05) is 0 Å². The zero-order valence-corrected chi connectivity index (χ0v) is 11.8. The fourth-order valence-electron chi connectivity index (χ4n) is 3.69. The third kappa shape index (κ3) is 2.53. The topological polar surface area (TPSA) is 29.5 Å². The molecule has 2 saturated carbocycles. The second-order valence-electron chi connectivity index (χ2n) is 6.78. The molecule has 2 fully saturated rings. The maximum Gasteiger partial charge on any atom is 0.0681 e. The van der Waals surface area contributed by atoms with Gasteiger partial charge in [0, 0.05) is 11.8 Å². The van der Waals surface area contributed by atoms with Gasteiger partial charge in [0.15, 0.2) is 0 Å². The SMILES string of the molecule is CCC1(C)C(O)CC1OC1CC(C)CC(C)C1. The molecule has 0 aromatic heterocycles. The zero-order chi connectivity index (χ0) is 12.6. The molecule has 2 rings (SSSR count). The van der Waals surface area contributed by atoms with Gasteiger partial charge in [-0.15, -0.1) is 0 Å². The van der Waals surface area contributed by atoms with Gasteiger partial charge in [0.1, 0.15) is 0 Å². The molecule has 2 heteroatoms. The summed E-state index contributed by atoms with van der Waals surface area (Å²) >= 11 is 0. The smallest absolute Gasteiger partial charge is 0.0681 e. The van der Waals surface area contributed by atoms with E-state index in [1.54, 1.807) is 0 Å². The molecule has 0 aromatic carbocycles. The summed E-state index contributed by atoms with van der Waals surface area (Å²) in [7, 11) is 0. The van der Waals surface area contributed by atoms with E-state index in [1.165, 1.54) is 19.3 Å². The number of hydrogen-bond donors (Lipinski definition) is 1. The first-order chi connectivity index (χ1) is 7.95. The molecular formula is C15H28O2. The van der Waals surface area contributed by atoms with Crippen molar-refractivity contribution >= 4 is 0 Å². The summed E-state index contributed by atoms with van der Waals surface area (Å²) in [5.41, 5.74) is 0.00389. The van der Waals surface area contributed by atoms with Crippen LogP contribution in [0, 0.1) is 17.3 Å². The maximum absolute atomic E-state index is 9.89. The molecule has 0 saturated heterocycles. The van der Waals surface area contributed by atoms with E-state index in [0.29, 0.717) is 6.10 Å². The van der Waals surface area contributed by atoms with Gasteiger partial charge in [0.25, 0.3) is 0 Å². The molecule has 2 nitrogen and oxygen atoms in total. The molecule has 0 aliphatic heterocycles. The summed E-state index contributed by atoms with van der Waals surface area (Å²) < 4.78 is 6.28. The largest absolute Gasteiger partial charge is 0.392 e. The summed E-state index contributed by atoms with van der Waals surface area (Å²) in [4.78, 5) is 0. The van der Waals surface area contributed by atoms with Crippen LogP contribution in [0.2, 0.25) is 0 Å². The molecule has 0 radical (unpaired) electrons. The second-order valence-corrected chi connectivity index (χ2v) is 6.78. The lowest BCUT2D eigenvalue weighted by Gasteiger charge is -2.52. The Bertz CT molecular complexity index is 256. The number of aliphatic hydroxyl groups excluding tert-OH is 1. The van der Waals surface area contributed by atoms with Crippen LogP contribution in [-0.4, -0.2) is 23.4 Å². The number of hydrogen-bond acceptors (Lipinski definition) is 2. The van der Waals surface area contributed by atoms with Gasteiger partial charge in [0.2, 0.25) is 0 Å². The Morgan fingerprint density at radius 3 is 2.18 bits per heavy atom. The second kappa shape index (κ2) is 4.89. The van der Waals surface area contributed by atoms with Crippen molar-refractivity contribution in [3.05, 3.63) is 0 Å². The molecule has 0 aromatic rings. The fraction of sp³-hybridized carbons (Fsp3) is 1.00. The van der Waals surface area contributed by atoms with Crippen molar-refractivity contribution in [1.29, 1.82) is 0 Å². The van der Waals surface area contributed by atoms with Crippen LogP contribution < -0.4 is 0 Å². The molecule has 0 heterocycles. The van der Waals surface area contributed by atoms with Crippen molar-refractivity contribution in [2.45, 2.75) is 78.1 Å². The van der Waals surface area contributed by atoms with Gasteiger partial charge < -0.3 is 9.84 Å². The van der Waals surface area contributed by atoms with Gasteiger partial charge in [-0.05, 0) is 37.5 Å². The van der Waals surface area contributed by atoms with Crippen LogP contribution >= 0.6 is 0 Å². The highest BCUT2D eigenvalue weighted by Crippen LogP contribution is 2.47. The molecular weight excluding hydrogens is 212 g/mol. The van der Waals surface area contributed by atoms with Crippen LogP contribution in [0.1, 0.15) is 59.8 Å². The lowest BCUT2D eigenvalue weighted by molar-refractivity contribution is -0.211. The fourth-order valence-corrected chi connectivity index (χ4v) is 3.69. The summed E-state index contributed by atoms with van der Waals surface area (Å²) in [5, 5.41) is 9.89. The maximum atomic E-state index is 9.89. The van der Waals surface area contributed by atoms with E-state index < -0.39 is 0 Å². The predicted molar refractivity (Wildman–Crippen MR) is 69.9 cm³/mol. The molecule has 0 bridgehead atoms. The molecule has 17 heavy (non-hydrogen) atoms. The normalized spacial score (nSPS) is 51.0. The first kappa shape index (κ1) is 13.4. The Balaban J connectivity index is 1.89. The Kier molecular flexibility index (Phi) is 3.84. The lowest BCUT2D eigenvalue weighted by Crippen LogP contribution is -2.57. The van der Waals surface area contributed by atoms with Crippen molar-refractivity contribution < 1.29 is 9.84 Å². The molecule has 5 unspecified atom stereocenters. The minimum absolute atomic E-state index is 0.00389. The Labute approximate surface area is 106 Å². The van der Waals surface area contributed by atoms with E-state index in [-0.39, 0.29) is 17.6 Å². The minimum atomic E-state index is -0.157. The monoisotopic (exact) mass is 240 g/mol.